The molecule has 1 aromatic heterocycles. The van der Waals surface area contributed by atoms with E-state index in [1.807, 2.05) is 48.5 Å². The number of amides is 4. The van der Waals surface area contributed by atoms with Gasteiger partial charge in [-0.15, -0.1) is 11.3 Å². The first-order valence-electron chi connectivity index (χ1n) is 10.2. The Bertz CT molecular complexity index is 1240. The van der Waals surface area contributed by atoms with Crippen molar-refractivity contribution in [2.24, 2.45) is 0 Å². The number of nitrogens with zero attached hydrogens (tertiary/aromatic N) is 2. The lowest BCUT2D eigenvalue weighted by atomic mass is 9.92. The van der Waals surface area contributed by atoms with Gasteiger partial charge in [0, 0.05) is 22.5 Å². The number of urea groups is 1. The molecule has 0 radical (unpaired) electrons. The zero-order valence-electron chi connectivity index (χ0n) is 16.9. The van der Waals surface area contributed by atoms with Crippen LogP contribution in [0, 0.1) is 0 Å². The summed E-state index contributed by atoms with van der Waals surface area (Å²) in [6.07, 6.45) is 3.48. The van der Waals surface area contributed by atoms with E-state index in [0.717, 1.165) is 26.5 Å². The zero-order chi connectivity index (χ0) is 22.3. The molecule has 1 spiro atoms. The second kappa shape index (κ2) is 8.03. The van der Waals surface area contributed by atoms with Crippen LogP contribution in [-0.4, -0.2) is 34.3 Å². The number of imide groups is 1. The average molecular weight is 467 g/mol. The summed E-state index contributed by atoms with van der Waals surface area (Å²) >= 11 is 7.54. The summed E-state index contributed by atoms with van der Waals surface area (Å²) in [6, 6.07) is 14.6. The number of thiazole rings is 1. The lowest BCUT2D eigenvalue weighted by Crippen LogP contribution is -2.42. The van der Waals surface area contributed by atoms with Crippen molar-refractivity contribution in [2.75, 3.05) is 11.9 Å². The van der Waals surface area contributed by atoms with Crippen molar-refractivity contribution >= 4 is 45.9 Å². The Morgan fingerprint density at radius 2 is 1.97 bits per heavy atom. The molecule has 3 aromatic rings. The molecule has 4 amide bonds. The number of carbonyl (C=O) groups is 3. The third kappa shape index (κ3) is 3.55. The SMILES string of the molecule is O=C(CN1C(=O)NC2(CCc3ccccc32)C1=O)Nc1ncc(Cc2ccccc2Cl)s1. The van der Waals surface area contributed by atoms with E-state index in [1.165, 1.54) is 11.3 Å². The van der Waals surface area contributed by atoms with Gasteiger partial charge in [0.1, 0.15) is 12.1 Å². The molecule has 162 valence electrons. The molecule has 7 nitrogen and oxygen atoms in total. The minimum absolute atomic E-state index is 0.367. The van der Waals surface area contributed by atoms with Crippen molar-refractivity contribution in [1.29, 1.82) is 0 Å². The van der Waals surface area contributed by atoms with E-state index in [-0.39, 0.29) is 12.5 Å². The van der Waals surface area contributed by atoms with Crippen LogP contribution in [0.2, 0.25) is 5.02 Å². The quantitative estimate of drug-likeness (QED) is 0.560. The van der Waals surface area contributed by atoms with E-state index in [2.05, 4.69) is 15.6 Å². The Labute approximate surface area is 193 Å². The van der Waals surface area contributed by atoms with E-state index >= 15 is 0 Å². The van der Waals surface area contributed by atoms with Gasteiger partial charge in [-0.1, -0.05) is 54.1 Å². The molecule has 2 N–H and O–H groups in total. The van der Waals surface area contributed by atoms with E-state index in [0.29, 0.717) is 29.4 Å². The minimum Gasteiger partial charge on any atom is -0.319 e. The summed E-state index contributed by atoms with van der Waals surface area (Å²) in [7, 11) is 0. The molecule has 0 bridgehead atoms. The largest absolute Gasteiger partial charge is 0.325 e. The number of nitrogens with one attached hydrogen (secondary N) is 2. The number of anilines is 1. The Balaban J connectivity index is 1.25. The molecule has 2 aliphatic rings. The number of halogens is 1. The van der Waals surface area contributed by atoms with Crippen molar-refractivity contribution in [1.82, 2.24) is 15.2 Å². The second-order valence-electron chi connectivity index (χ2n) is 7.83. The highest BCUT2D eigenvalue weighted by Crippen LogP contribution is 2.41. The summed E-state index contributed by atoms with van der Waals surface area (Å²) in [5, 5.41) is 6.59. The average Bonchev–Trinajstić information content (AvgIpc) is 3.44. The molecule has 9 heteroatoms. The normalized spacial score (nSPS) is 19.3. The fraction of sp³-hybridized carbons (Fsp3) is 0.217. The summed E-state index contributed by atoms with van der Waals surface area (Å²) in [6.45, 7) is -0.367. The van der Waals surface area contributed by atoms with Crippen LogP contribution in [0.3, 0.4) is 0 Å². The number of fused-ring (bicyclic) bond motifs is 2. The fourth-order valence-electron chi connectivity index (χ4n) is 4.31. The molecule has 1 aliphatic heterocycles. The molecule has 1 saturated heterocycles. The van der Waals surface area contributed by atoms with Crippen LogP contribution >= 0.6 is 22.9 Å². The second-order valence-corrected chi connectivity index (χ2v) is 9.35. The first-order valence-corrected chi connectivity index (χ1v) is 11.4. The molecular weight excluding hydrogens is 448 g/mol. The van der Waals surface area contributed by atoms with E-state index in [4.69, 9.17) is 11.6 Å². The van der Waals surface area contributed by atoms with E-state index in [9.17, 15) is 14.4 Å². The summed E-state index contributed by atoms with van der Waals surface area (Å²) in [4.78, 5) is 44.5. The number of aryl methyl sites for hydroxylation is 1. The van der Waals surface area contributed by atoms with Crippen molar-refractivity contribution < 1.29 is 14.4 Å². The lowest BCUT2D eigenvalue weighted by Gasteiger charge is -2.22. The zero-order valence-corrected chi connectivity index (χ0v) is 18.5. The van der Waals surface area contributed by atoms with Gasteiger partial charge in [0.2, 0.25) is 5.91 Å². The molecule has 1 aliphatic carbocycles. The maximum atomic E-state index is 13.2. The monoisotopic (exact) mass is 466 g/mol. The van der Waals surface area contributed by atoms with Crippen LogP contribution in [0.4, 0.5) is 9.93 Å². The molecule has 1 atom stereocenters. The number of benzene rings is 2. The molecular formula is C23H19ClN4O3S. The third-order valence-electron chi connectivity index (χ3n) is 5.85. The van der Waals surface area contributed by atoms with Crippen LogP contribution in [0.5, 0.6) is 0 Å². The highest BCUT2D eigenvalue weighted by atomic mass is 35.5. The van der Waals surface area contributed by atoms with Gasteiger partial charge in [-0.3, -0.25) is 14.5 Å². The molecule has 1 fully saturated rings. The van der Waals surface area contributed by atoms with Crippen LogP contribution in [0.15, 0.2) is 54.7 Å². The predicted octanol–water partition coefficient (Wildman–Crippen LogP) is 3.72. The highest BCUT2D eigenvalue weighted by Gasteiger charge is 2.55. The van der Waals surface area contributed by atoms with Crippen LogP contribution in [0.1, 0.15) is 28.0 Å². The van der Waals surface area contributed by atoms with E-state index < -0.39 is 17.5 Å². The first kappa shape index (κ1) is 20.7. The van der Waals surface area contributed by atoms with Gasteiger partial charge < -0.3 is 10.6 Å². The summed E-state index contributed by atoms with van der Waals surface area (Å²) < 4.78 is 0. The lowest BCUT2D eigenvalue weighted by molar-refractivity contribution is -0.134. The number of hydrogen-bond donors (Lipinski definition) is 2. The molecule has 1 unspecified atom stereocenters. The van der Waals surface area contributed by atoms with Crippen molar-refractivity contribution in [3.8, 4) is 0 Å². The number of rotatable bonds is 5. The molecule has 0 saturated carbocycles. The maximum absolute atomic E-state index is 13.2. The highest BCUT2D eigenvalue weighted by molar-refractivity contribution is 7.15. The van der Waals surface area contributed by atoms with Crippen LogP contribution < -0.4 is 10.6 Å². The van der Waals surface area contributed by atoms with Crippen molar-refractivity contribution in [3.05, 3.63) is 81.3 Å². The summed E-state index contributed by atoms with van der Waals surface area (Å²) in [5.74, 6) is -0.864. The van der Waals surface area contributed by atoms with Crippen molar-refractivity contribution in [3.63, 3.8) is 0 Å². The van der Waals surface area contributed by atoms with Gasteiger partial charge in [0.05, 0.1) is 0 Å². The Morgan fingerprint density at radius 3 is 2.81 bits per heavy atom. The van der Waals surface area contributed by atoms with Gasteiger partial charge in [0.15, 0.2) is 5.13 Å². The Hall–Kier alpha value is -3.23. The van der Waals surface area contributed by atoms with Gasteiger partial charge >= 0.3 is 6.03 Å². The predicted molar refractivity (Wildman–Crippen MR) is 122 cm³/mol. The molecule has 2 heterocycles. The molecule has 2 aromatic carbocycles. The van der Waals surface area contributed by atoms with Gasteiger partial charge in [0.25, 0.3) is 5.91 Å². The molecule has 5 rings (SSSR count). The maximum Gasteiger partial charge on any atom is 0.325 e. The van der Waals surface area contributed by atoms with Crippen molar-refractivity contribution in [2.45, 2.75) is 24.8 Å². The smallest absolute Gasteiger partial charge is 0.319 e. The number of aromatic nitrogens is 1. The number of carbonyl (C=O) groups excluding carboxylic acids is 3. The van der Waals surface area contributed by atoms with Crippen LogP contribution in [-0.2, 0) is 28.0 Å². The Morgan fingerprint density at radius 1 is 1.19 bits per heavy atom. The molecule has 32 heavy (non-hydrogen) atoms. The van der Waals surface area contributed by atoms with Crippen LogP contribution in [0.25, 0.3) is 0 Å². The van der Waals surface area contributed by atoms with E-state index in [1.54, 1.807) is 6.20 Å². The first-order chi connectivity index (χ1) is 15.5. The standard InChI is InChI=1S/C23H19ClN4O3S/c24-18-8-4-2-6-15(18)11-16-12-25-21(32-16)26-19(29)13-28-20(30)23(27-22(28)31)10-9-14-5-1-3-7-17(14)23/h1-8,12H,9-11,13H2,(H,27,31)(H,25,26,29). The van der Waals surface area contributed by atoms with Gasteiger partial charge in [-0.25, -0.2) is 9.78 Å². The summed E-state index contributed by atoms with van der Waals surface area (Å²) in [5.41, 5.74) is 1.75. The fourth-order valence-corrected chi connectivity index (χ4v) is 5.37. The number of hydrogen-bond acceptors (Lipinski definition) is 5. The van der Waals surface area contributed by atoms with Gasteiger partial charge in [-0.05, 0) is 35.6 Å². The van der Waals surface area contributed by atoms with Gasteiger partial charge in [-0.2, -0.15) is 0 Å². The Kier molecular flexibility index (Phi) is 5.19. The topological polar surface area (TPSA) is 91.4 Å². The minimum atomic E-state index is -1.07. The third-order valence-corrected chi connectivity index (χ3v) is 7.13.